The van der Waals surface area contributed by atoms with Crippen molar-refractivity contribution in [3.63, 3.8) is 0 Å². The van der Waals surface area contributed by atoms with Crippen LogP contribution in [0.3, 0.4) is 0 Å². The summed E-state index contributed by atoms with van der Waals surface area (Å²) >= 11 is 3.31. The lowest BCUT2D eigenvalue weighted by Crippen LogP contribution is -1.96. The molecule has 3 aromatic rings. The second-order valence-corrected chi connectivity index (χ2v) is 4.65. The molecule has 0 aliphatic rings. The second-order valence-electron chi connectivity index (χ2n) is 3.73. The van der Waals surface area contributed by atoms with Crippen LogP contribution in [0.15, 0.2) is 59.7 Å². The van der Waals surface area contributed by atoms with Gasteiger partial charge in [-0.25, -0.2) is 15.0 Å². The number of benzene rings is 1. The van der Waals surface area contributed by atoms with Crippen molar-refractivity contribution in [3.8, 4) is 17.2 Å². The fraction of sp³-hybridized carbons (Fsp3) is 0. The fourth-order valence-corrected chi connectivity index (χ4v) is 1.83. The molecule has 0 bridgehead atoms. The first-order valence-electron chi connectivity index (χ1n) is 5.40. The van der Waals surface area contributed by atoms with E-state index in [0.717, 1.165) is 15.7 Å². The zero-order chi connectivity index (χ0) is 12.4. The normalized spacial score (nSPS) is 10.5. The minimum absolute atomic E-state index is 0.605. The summed E-state index contributed by atoms with van der Waals surface area (Å²) in [6.45, 7) is 0. The molecule has 18 heavy (non-hydrogen) atoms. The number of aromatic nitrogens is 4. The average molecular weight is 301 g/mol. The Labute approximate surface area is 112 Å². The quantitative estimate of drug-likeness (QED) is 0.730. The highest BCUT2D eigenvalue weighted by atomic mass is 79.9. The minimum atomic E-state index is 0.605. The van der Waals surface area contributed by atoms with Gasteiger partial charge in [0.05, 0.1) is 10.2 Å². The van der Waals surface area contributed by atoms with Crippen LogP contribution in [0.4, 0.5) is 0 Å². The Morgan fingerprint density at radius 3 is 2.39 bits per heavy atom. The van der Waals surface area contributed by atoms with Gasteiger partial charge in [0.15, 0.2) is 0 Å². The number of hydrogen-bond acceptors (Lipinski definition) is 3. The second kappa shape index (κ2) is 4.70. The number of hydrogen-bond donors (Lipinski definition) is 0. The minimum Gasteiger partial charge on any atom is -0.274 e. The van der Waals surface area contributed by atoms with Gasteiger partial charge in [0, 0.05) is 24.2 Å². The Morgan fingerprint density at radius 2 is 1.67 bits per heavy atom. The molecule has 1 aromatic carbocycles. The van der Waals surface area contributed by atoms with Gasteiger partial charge in [-0.15, -0.1) is 0 Å². The molecule has 0 aliphatic heterocycles. The third-order valence-electron chi connectivity index (χ3n) is 2.49. The molecule has 0 saturated carbocycles. The van der Waals surface area contributed by atoms with E-state index < -0.39 is 0 Å². The zero-order valence-corrected chi connectivity index (χ0v) is 10.9. The predicted molar refractivity (Wildman–Crippen MR) is 72.3 cm³/mol. The molecule has 0 fully saturated rings. The SMILES string of the molecule is Brc1cnc(-n2cnc(-c3ccccc3)c2)nc1. The number of imidazole rings is 1. The number of halogens is 1. The number of nitrogens with zero attached hydrogens (tertiary/aromatic N) is 4. The van der Waals surface area contributed by atoms with Gasteiger partial charge in [-0.1, -0.05) is 30.3 Å². The summed E-state index contributed by atoms with van der Waals surface area (Å²) in [7, 11) is 0. The first kappa shape index (κ1) is 11.1. The molecule has 2 heterocycles. The van der Waals surface area contributed by atoms with Crippen molar-refractivity contribution in [2.24, 2.45) is 0 Å². The largest absolute Gasteiger partial charge is 0.274 e. The van der Waals surface area contributed by atoms with Gasteiger partial charge in [0.1, 0.15) is 6.33 Å². The van der Waals surface area contributed by atoms with Crippen molar-refractivity contribution < 1.29 is 0 Å². The van der Waals surface area contributed by atoms with E-state index in [0.29, 0.717) is 5.95 Å². The molecule has 4 nitrogen and oxygen atoms in total. The van der Waals surface area contributed by atoms with E-state index in [1.54, 1.807) is 23.3 Å². The summed E-state index contributed by atoms with van der Waals surface area (Å²) in [5.41, 5.74) is 1.98. The Balaban J connectivity index is 1.97. The van der Waals surface area contributed by atoms with E-state index in [-0.39, 0.29) is 0 Å². The molecule has 0 aliphatic carbocycles. The molecule has 3 rings (SSSR count). The first-order valence-corrected chi connectivity index (χ1v) is 6.19. The Morgan fingerprint density at radius 1 is 0.944 bits per heavy atom. The van der Waals surface area contributed by atoms with Crippen molar-refractivity contribution >= 4 is 15.9 Å². The highest BCUT2D eigenvalue weighted by molar-refractivity contribution is 9.10. The summed E-state index contributed by atoms with van der Waals surface area (Å²) in [5.74, 6) is 0.605. The van der Waals surface area contributed by atoms with Gasteiger partial charge >= 0.3 is 0 Å². The van der Waals surface area contributed by atoms with Crippen LogP contribution in [0.1, 0.15) is 0 Å². The smallest absolute Gasteiger partial charge is 0.234 e. The maximum atomic E-state index is 4.36. The van der Waals surface area contributed by atoms with E-state index in [4.69, 9.17) is 0 Å². The van der Waals surface area contributed by atoms with Crippen molar-refractivity contribution in [1.82, 2.24) is 19.5 Å². The molecule has 2 aromatic heterocycles. The average Bonchev–Trinajstić information content (AvgIpc) is 2.90. The van der Waals surface area contributed by atoms with E-state index in [9.17, 15) is 0 Å². The molecule has 0 N–H and O–H groups in total. The van der Waals surface area contributed by atoms with E-state index in [1.165, 1.54) is 0 Å². The van der Waals surface area contributed by atoms with Gasteiger partial charge < -0.3 is 0 Å². The molecule has 88 valence electrons. The lowest BCUT2D eigenvalue weighted by molar-refractivity contribution is 0.921. The lowest BCUT2D eigenvalue weighted by atomic mass is 10.2. The molecule has 0 atom stereocenters. The van der Waals surface area contributed by atoms with Crippen molar-refractivity contribution in [1.29, 1.82) is 0 Å². The van der Waals surface area contributed by atoms with Gasteiger partial charge in [0.2, 0.25) is 5.95 Å². The van der Waals surface area contributed by atoms with E-state index in [1.807, 2.05) is 36.5 Å². The van der Waals surface area contributed by atoms with Crippen LogP contribution in [0.5, 0.6) is 0 Å². The van der Waals surface area contributed by atoms with Gasteiger partial charge in [-0.05, 0) is 15.9 Å². The fourth-order valence-electron chi connectivity index (χ4n) is 1.63. The van der Waals surface area contributed by atoms with Crippen LogP contribution in [0.25, 0.3) is 17.2 Å². The van der Waals surface area contributed by atoms with Crippen LogP contribution in [-0.2, 0) is 0 Å². The topological polar surface area (TPSA) is 43.6 Å². The lowest BCUT2D eigenvalue weighted by Gasteiger charge is -1.98. The Hall–Kier alpha value is -2.01. The molecule has 0 unspecified atom stereocenters. The third kappa shape index (κ3) is 2.17. The summed E-state index contributed by atoms with van der Waals surface area (Å²) in [5, 5.41) is 0. The maximum Gasteiger partial charge on any atom is 0.234 e. The first-order chi connectivity index (χ1) is 8.83. The standard InChI is InChI=1S/C13H9BrN4/c14-11-6-15-13(16-7-11)18-8-12(17-9-18)10-4-2-1-3-5-10/h1-9H. The molecule has 0 radical (unpaired) electrons. The Bertz CT molecular complexity index is 646. The third-order valence-corrected chi connectivity index (χ3v) is 2.90. The van der Waals surface area contributed by atoms with Crippen molar-refractivity contribution in [3.05, 3.63) is 59.7 Å². The molecule has 0 amide bonds. The molecular formula is C13H9BrN4. The monoisotopic (exact) mass is 300 g/mol. The Kier molecular flexibility index (Phi) is 2.90. The van der Waals surface area contributed by atoms with E-state index in [2.05, 4.69) is 30.9 Å². The summed E-state index contributed by atoms with van der Waals surface area (Å²) < 4.78 is 2.66. The molecule has 0 spiro atoms. The van der Waals surface area contributed by atoms with Crippen LogP contribution in [-0.4, -0.2) is 19.5 Å². The van der Waals surface area contributed by atoms with Gasteiger partial charge in [0.25, 0.3) is 0 Å². The van der Waals surface area contributed by atoms with Crippen LogP contribution < -0.4 is 0 Å². The van der Waals surface area contributed by atoms with Crippen LogP contribution >= 0.6 is 15.9 Å². The van der Waals surface area contributed by atoms with E-state index >= 15 is 0 Å². The van der Waals surface area contributed by atoms with Gasteiger partial charge in [-0.2, -0.15) is 0 Å². The highest BCUT2D eigenvalue weighted by Crippen LogP contribution is 2.17. The highest BCUT2D eigenvalue weighted by Gasteiger charge is 2.04. The maximum absolute atomic E-state index is 4.36. The number of rotatable bonds is 2. The predicted octanol–water partition coefficient (Wildman–Crippen LogP) is 3.09. The molecular weight excluding hydrogens is 292 g/mol. The summed E-state index contributed by atoms with van der Waals surface area (Å²) in [6, 6.07) is 10.0. The van der Waals surface area contributed by atoms with Crippen LogP contribution in [0, 0.1) is 0 Å². The summed E-state index contributed by atoms with van der Waals surface area (Å²) in [4.78, 5) is 12.8. The zero-order valence-electron chi connectivity index (χ0n) is 9.36. The van der Waals surface area contributed by atoms with Crippen molar-refractivity contribution in [2.45, 2.75) is 0 Å². The van der Waals surface area contributed by atoms with Crippen LogP contribution in [0.2, 0.25) is 0 Å². The molecule has 0 saturated heterocycles. The molecule has 5 heteroatoms. The van der Waals surface area contributed by atoms with Gasteiger partial charge in [-0.3, -0.25) is 4.57 Å². The van der Waals surface area contributed by atoms with Crippen molar-refractivity contribution in [2.75, 3.05) is 0 Å². The summed E-state index contributed by atoms with van der Waals surface area (Å²) in [6.07, 6.45) is 7.05.